The third kappa shape index (κ3) is 2.42. The Bertz CT molecular complexity index is 730. The fourth-order valence-electron chi connectivity index (χ4n) is 2.16. The lowest BCUT2D eigenvalue weighted by Gasteiger charge is -2.19. The first kappa shape index (κ1) is 12.5. The summed E-state index contributed by atoms with van der Waals surface area (Å²) in [6.07, 6.45) is 5.00. The Morgan fingerprint density at radius 3 is 2.70 bits per heavy atom. The molecule has 3 aromatic rings. The van der Waals surface area contributed by atoms with Crippen LogP contribution in [0, 0.1) is 5.82 Å². The van der Waals surface area contributed by atoms with Gasteiger partial charge in [-0.3, -0.25) is 4.98 Å². The number of halogens is 1. The van der Waals surface area contributed by atoms with Gasteiger partial charge in [0.2, 0.25) is 0 Å². The first-order valence-corrected chi connectivity index (χ1v) is 6.24. The van der Waals surface area contributed by atoms with Gasteiger partial charge < -0.3 is 4.90 Å². The largest absolute Gasteiger partial charge is 0.355 e. The van der Waals surface area contributed by atoms with Gasteiger partial charge in [0.1, 0.15) is 18.0 Å². The fraction of sp³-hybridized carbons (Fsp3) is 0.133. The number of nitrogens with zero attached hydrogens (tertiary/aromatic N) is 4. The minimum atomic E-state index is -0.286. The molecule has 0 saturated carbocycles. The molecule has 0 aliphatic carbocycles. The predicted molar refractivity (Wildman–Crippen MR) is 75.8 cm³/mol. The Kier molecular flexibility index (Phi) is 3.25. The number of hydrogen-bond acceptors (Lipinski definition) is 4. The molecule has 0 aliphatic heterocycles. The van der Waals surface area contributed by atoms with Crippen molar-refractivity contribution >= 4 is 16.7 Å². The monoisotopic (exact) mass is 268 g/mol. The number of rotatable bonds is 3. The lowest BCUT2D eigenvalue weighted by molar-refractivity contribution is 0.629. The minimum absolute atomic E-state index is 0.286. The van der Waals surface area contributed by atoms with Crippen molar-refractivity contribution in [3.63, 3.8) is 0 Å². The first-order valence-electron chi connectivity index (χ1n) is 6.24. The molecule has 0 N–H and O–H groups in total. The van der Waals surface area contributed by atoms with Gasteiger partial charge in [-0.05, 0) is 35.9 Å². The molecule has 100 valence electrons. The lowest BCUT2D eigenvalue weighted by atomic mass is 10.2. The van der Waals surface area contributed by atoms with E-state index in [1.165, 1.54) is 18.5 Å². The van der Waals surface area contributed by atoms with E-state index in [0.717, 1.165) is 11.1 Å². The van der Waals surface area contributed by atoms with Crippen molar-refractivity contribution in [1.29, 1.82) is 0 Å². The number of benzene rings is 1. The average Bonchev–Trinajstić information content (AvgIpc) is 2.47. The van der Waals surface area contributed by atoms with Gasteiger partial charge >= 0.3 is 0 Å². The Balaban J connectivity index is 1.99. The lowest BCUT2D eigenvalue weighted by Crippen LogP contribution is -2.18. The van der Waals surface area contributed by atoms with Gasteiger partial charge in [-0.25, -0.2) is 14.4 Å². The number of anilines is 1. The third-order valence-electron chi connectivity index (χ3n) is 3.11. The molecule has 0 atom stereocenters. The minimum Gasteiger partial charge on any atom is -0.355 e. The van der Waals surface area contributed by atoms with Crippen molar-refractivity contribution < 1.29 is 4.39 Å². The van der Waals surface area contributed by atoms with Crippen LogP contribution in [-0.4, -0.2) is 22.0 Å². The fourth-order valence-corrected chi connectivity index (χ4v) is 2.16. The smallest absolute Gasteiger partial charge is 0.140 e. The highest BCUT2D eigenvalue weighted by molar-refractivity contribution is 5.89. The summed E-state index contributed by atoms with van der Waals surface area (Å²) < 4.78 is 13.4. The van der Waals surface area contributed by atoms with Crippen LogP contribution in [0.2, 0.25) is 0 Å². The molecule has 2 aromatic heterocycles. The van der Waals surface area contributed by atoms with Crippen molar-refractivity contribution in [3.8, 4) is 0 Å². The molecular weight excluding hydrogens is 255 g/mol. The average molecular weight is 268 g/mol. The van der Waals surface area contributed by atoms with E-state index in [0.29, 0.717) is 17.7 Å². The van der Waals surface area contributed by atoms with Gasteiger partial charge in [-0.15, -0.1) is 0 Å². The second-order valence-corrected chi connectivity index (χ2v) is 4.57. The van der Waals surface area contributed by atoms with Gasteiger partial charge in [0.05, 0.1) is 5.52 Å². The molecule has 3 rings (SSSR count). The topological polar surface area (TPSA) is 41.9 Å². The van der Waals surface area contributed by atoms with Crippen LogP contribution >= 0.6 is 0 Å². The normalized spacial score (nSPS) is 10.7. The van der Waals surface area contributed by atoms with Crippen molar-refractivity contribution in [2.45, 2.75) is 6.54 Å². The molecule has 2 heterocycles. The molecule has 20 heavy (non-hydrogen) atoms. The number of hydrogen-bond donors (Lipinski definition) is 0. The predicted octanol–water partition coefficient (Wildman–Crippen LogP) is 2.80. The number of aromatic nitrogens is 3. The van der Waals surface area contributed by atoms with Gasteiger partial charge in [-0.1, -0.05) is 0 Å². The number of pyridine rings is 1. The molecule has 0 amide bonds. The zero-order valence-corrected chi connectivity index (χ0v) is 11.0. The Hall–Kier alpha value is -2.56. The van der Waals surface area contributed by atoms with Gasteiger partial charge in [-0.2, -0.15) is 0 Å². The van der Waals surface area contributed by atoms with Crippen LogP contribution in [0.5, 0.6) is 0 Å². The number of fused-ring (bicyclic) bond motifs is 1. The summed E-state index contributed by atoms with van der Waals surface area (Å²) in [6, 6.07) is 8.42. The molecule has 5 heteroatoms. The Labute approximate surface area is 115 Å². The third-order valence-corrected chi connectivity index (χ3v) is 3.11. The zero-order valence-electron chi connectivity index (χ0n) is 11.0. The van der Waals surface area contributed by atoms with Gasteiger partial charge in [0.15, 0.2) is 0 Å². The van der Waals surface area contributed by atoms with Gasteiger partial charge in [0.25, 0.3) is 0 Å². The molecule has 1 aromatic carbocycles. The second-order valence-electron chi connectivity index (χ2n) is 4.57. The van der Waals surface area contributed by atoms with E-state index in [2.05, 4.69) is 15.0 Å². The van der Waals surface area contributed by atoms with E-state index in [1.54, 1.807) is 18.5 Å². The summed E-state index contributed by atoms with van der Waals surface area (Å²) in [7, 11) is 1.92. The molecule has 0 spiro atoms. The van der Waals surface area contributed by atoms with Crippen molar-refractivity contribution in [2.75, 3.05) is 11.9 Å². The molecule has 0 bridgehead atoms. The van der Waals surface area contributed by atoms with E-state index in [-0.39, 0.29) is 5.82 Å². The van der Waals surface area contributed by atoms with Crippen LogP contribution in [-0.2, 0) is 6.54 Å². The standard InChI is InChI=1S/C15H13FN4/c1-20(9-11-4-6-17-7-5-11)15-13-8-12(16)2-3-14(13)18-10-19-15/h2-8,10H,9H2,1H3. The maximum atomic E-state index is 13.4. The summed E-state index contributed by atoms with van der Waals surface area (Å²) in [5.41, 5.74) is 1.85. The zero-order chi connectivity index (χ0) is 13.9. The van der Waals surface area contributed by atoms with Crippen LogP contribution in [0.1, 0.15) is 5.56 Å². The Morgan fingerprint density at radius 2 is 1.90 bits per heavy atom. The molecular formula is C15H13FN4. The van der Waals surface area contributed by atoms with E-state index >= 15 is 0 Å². The summed E-state index contributed by atoms with van der Waals surface area (Å²) >= 11 is 0. The summed E-state index contributed by atoms with van der Waals surface area (Å²) in [5.74, 6) is 0.428. The molecule has 4 nitrogen and oxygen atoms in total. The van der Waals surface area contributed by atoms with Crippen LogP contribution in [0.3, 0.4) is 0 Å². The molecule has 0 fully saturated rings. The Morgan fingerprint density at radius 1 is 1.10 bits per heavy atom. The molecule has 0 aliphatic rings. The SMILES string of the molecule is CN(Cc1ccncc1)c1ncnc2ccc(F)cc12. The van der Waals surface area contributed by atoms with E-state index in [4.69, 9.17) is 0 Å². The van der Waals surface area contributed by atoms with E-state index in [9.17, 15) is 4.39 Å². The summed E-state index contributed by atoms with van der Waals surface area (Å²) in [4.78, 5) is 14.4. The van der Waals surface area contributed by atoms with Crippen LogP contribution in [0.25, 0.3) is 10.9 Å². The summed E-state index contributed by atoms with van der Waals surface area (Å²) in [6.45, 7) is 0.672. The van der Waals surface area contributed by atoms with Crippen molar-refractivity contribution in [1.82, 2.24) is 15.0 Å². The molecule has 0 radical (unpaired) electrons. The van der Waals surface area contributed by atoms with Crippen molar-refractivity contribution in [2.24, 2.45) is 0 Å². The van der Waals surface area contributed by atoms with Crippen molar-refractivity contribution in [3.05, 3.63) is 60.4 Å². The van der Waals surface area contributed by atoms with Crippen LogP contribution < -0.4 is 4.90 Å². The summed E-state index contributed by atoms with van der Waals surface area (Å²) in [5, 5.41) is 0.712. The quantitative estimate of drug-likeness (QED) is 0.732. The second kappa shape index (κ2) is 5.21. The highest BCUT2D eigenvalue weighted by atomic mass is 19.1. The highest BCUT2D eigenvalue weighted by Crippen LogP contribution is 2.23. The van der Waals surface area contributed by atoms with Gasteiger partial charge in [0, 0.05) is 31.4 Å². The van der Waals surface area contributed by atoms with Crippen LogP contribution in [0.4, 0.5) is 10.2 Å². The maximum absolute atomic E-state index is 13.4. The molecule has 0 unspecified atom stereocenters. The van der Waals surface area contributed by atoms with E-state index < -0.39 is 0 Å². The highest BCUT2D eigenvalue weighted by Gasteiger charge is 2.09. The van der Waals surface area contributed by atoms with Crippen LogP contribution in [0.15, 0.2) is 49.1 Å². The first-order chi connectivity index (χ1) is 9.74. The molecule has 0 saturated heterocycles. The maximum Gasteiger partial charge on any atom is 0.140 e. The van der Waals surface area contributed by atoms with E-state index in [1.807, 2.05) is 24.1 Å².